The van der Waals surface area contributed by atoms with Crippen LogP contribution in [0.5, 0.6) is 0 Å². The van der Waals surface area contributed by atoms with Gasteiger partial charge in [-0.25, -0.2) is 9.78 Å². The summed E-state index contributed by atoms with van der Waals surface area (Å²) in [4.78, 5) is 8.54. The Bertz CT molecular complexity index is 60.0. The van der Waals surface area contributed by atoms with Gasteiger partial charge < -0.3 is 0 Å². The van der Waals surface area contributed by atoms with Gasteiger partial charge in [-0.05, 0) is 0 Å². The van der Waals surface area contributed by atoms with Crippen molar-refractivity contribution in [3.63, 3.8) is 0 Å². The highest BCUT2D eigenvalue weighted by Gasteiger charge is 1.95. The van der Waals surface area contributed by atoms with Gasteiger partial charge in [0.2, 0.25) is 0 Å². The number of hydrogen-bond acceptors (Lipinski definition) is 2. The molecule has 0 bridgehead atoms. The molecule has 2 nitrogen and oxygen atoms in total. The summed E-state index contributed by atoms with van der Waals surface area (Å²) in [5.74, 6) is 0. The Morgan fingerprint density at radius 2 is 2.60 bits per heavy atom. The third-order valence-corrected chi connectivity index (χ3v) is 0.384. The lowest BCUT2D eigenvalue weighted by atomic mass is 10.5. The Morgan fingerprint density at radius 3 is 2.80 bits per heavy atom. The molecule has 1 fully saturated rings. The molecule has 0 saturated carbocycles. The van der Waals surface area contributed by atoms with E-state index in [1.807, 2.05) is 0 Å². The highest BCUT2D eigenvalue weighted by molar-refractivity contribution is 4.31. The Kier molecular flexibility index (Phi) is 0.436. The molecule has 0 aromatic rings. The summed E-state index contributed by atoms with van der Waals surface area (Å²) in [6.07, 6.45) is -0.514. The molecule has 1 aliphatic rings. The van der Waals surface area contributed by atoms with Gasteiger partial charge >= 0.3 is 0 Å². The number of hydrogen-bond donors (Lipinski definition) is 0. The highest BCUT2D eigenvalue weighted by Crippen LogP contribution is 1.93. The van der Waals surface area contributed by atoms with Crippen LogP contribution in [0.3, 0.4) is 0 Å². The molecule has 0 amide bonds. The average Bonchev–Trinajstić information content (AvgIpc) is 1.91. The predicted octanol–water partition coefficient (Wildman–Crippen LogP) is 0.338. The molecule has 0 aromatic heterocycles. The highest BCUT2D eigenvalue weighted by atomic mass is 17.2. The van der Waals surface area contributed by atoms with E-state index >= 15 is 0 Å². The van der Waals surface area contributed by atoms with Crippen molar-refractivity contribution in [2.75, 3.05) is 13.2 Å². The molecular weight excluding hydrogens is 68.0 g/mol. The zero-order valence-corrected chi connectivity index (χ0v) is 2.68. The Morgan fingerprint density at radius 1 is 1.60 bits per heavy atom. The summed E-state index contributed by atoms with van der Waals surface area (Å²) < 4.78 is 13.7. The first kappa shape index (κ1) is 1.58. The molecule has 2 atom stereocenters. The lowest BCUT2D eigenvalue weighted by Crippen LogP contribution is -1.72. The van der Waals surface area contributed by atoms with Crippen LogP contribution in [0.1, 0.15) is 9.14 Å². The van der Waals surface area contributed by atoms with Gasteiger partial charge in [-0.15, -0.1) is 0 Å². The van der Waals surface area contributed by atoms with E-state index < -0.39 is 13.0 Å². The molecule has 0 spiro atoms. The zero-order chi connectivity index (χ0) is 5.28. The van der Waals surface area contributed by atoms with Gasteiger partial charge in [0.15, 0.2) is 0 Å². The van der Waals surface area contributed by atoms with Crippen LogP contribution in [0.4, 0.5) is 0 Å². The fourth-order valence-electron chi connectivity index (χ4n) is 0.196. The van der Waals surface area contributed by atoms with Crippen LogP contribution in [0.15, 0.2) is 0 Å². The molecule has 0 aliphatic carbocycles. The minimum atomic E-state index is -0.792. The molecule has 1 saturated heterocycles. The minimum absolute atomic E-state index is 0.230. The Hall–Kier alpha value is -0.0800. The molecule has 0 aromatic carbocycles. The fraction of sp³-hybridized carbons (Fsp3) is 1.00. The number of rotatable bonds is 0. The predicted molar refractivity (Wildman–Crippen MR) is 16.5 cm³/mol. The maximum absolute atomic E-state index is 6.90. The van der Waals surface area contributed by atoms with Gasteiger partial charge in [0.05, 0.1) is 14.6 Å². The van der Waals surface area contributed by atoms with E-state index in [4.69, 9.17) is 2.74 Å². The minimum Gasteiger partial charge on any atom is -0.237 e. The summed E-state index contributed by atoms with van der Waals surface area (Å²) in [5.41, 5.74) is 0. The molecule has 0 N–H and O–H groups in total. The molecule has 1 rings (SSSR count). The van der Waals surface area contributed by atoms with Gasteiger partial charge in [-0.2, -0.15) is 0 Å². The smallest absolute Gasteiger partial charge is 0.0845 e. The first-order valence-electron chi connectivity index (χ1n) is 2.59. The maximum Gasteiger partial charge on any atom is 0.0845 e. The maximum atomic E-state index is 6.90. The topological polar surface area (TPSA) is 18.5 Å². The molecular formula is C3H6O2. The quantitative estimate of drug-likeness (QED) is 0.387. The van der Waals surface area contributed by atoms with Crippen LogP contribution in [0.25, 0.3) is 0 Å². The zero-order valence-electron chi connectivity index (χ0n) is 4.68. The van der Waals surface area contributed by atoms with E-state index in [0.29, 0.717) is 0 Å². The molecule has 1 heterocycles. The summed E-state index contributed by atoms with van der Waals surface area (Å²) in [6.45, 7) is -0.561. The van der Waals surface area contributed by atoms with Crippen molar-refractivity contribution >= 4 is 0 Å². The lowest BCUT2D eigenvalue weighted by Gasteiger charge is -1.77. The summed E-state index contributed by atoms with van der Waals surface area (Å²) >= 11 is 0. The monoisotopic (exact) mass is 76.0 g/mol. The van der Waals surface area contributed by atoms with Crippen molar-refractivity contribution in [3.8, 4) is 0 Å². The molecule has 5 heavy (non-hydrogen) atoms. The van der Waals surface area contributed by atoms with Crippen LogP contribution >= 0.6 is 0 Å². The SMILES string of the molecule is [2H]C1COOC1[2H]. The third-order valence-electron chi connectivity index (χ3n) is 0.384. The van der Waals surface area contributed by atoms with Crippen molar-refractivity contribution in [2.45, 2.75) is 6.40 Å². The van der Waals surface area contributed by atoms with Gasteiger partial charge in [0.1, 0.15) is 0 Å². The van der Waals surface area contributed by atoms with Gasteiger partial charge in [0, 0.05) is 7.77 Å². The van der Waals surface area contributed by atoms with E-state index in [1.54, 1.807) is 0 Å². The summed E-state index contributed by atoms with van der Waals surface area (Å²) in [7, 11) is 0. The van der Waals surface area contributed by atoms with E-state index in [2.05, 4.69) is 9.78 Å². The molecule has 2 unspecified atom stereocenters. The standard InChI is InChI=1S/C3H6O2/c1-2-4-5-3-1/h1-3H2/i1D,2D. The second kappa shape index (κ2) is 1.38. The van der Waals surface area contributed by atoms with Crippen molar-refractivity contribution in [1.82, 2.24) is 0 Å². The van der Waals surface area contributed by atoms with Crippen LogP contribution < -0.4 is 0 Å². The summed E-state index contributed by atoms with van der Waals surface area (Å²) in [6, 6.07) is 0. The second-order valence-electron chi connectivity index (χ2n) is 0.753. The van der Waals surface area contributed by atoms with Crippen molar-refractivity contribution in [1.29, 1.82) is 0 Å². The van der Waals surface area contributed by atoms with E-state index in [1.165, 1.54) is 0 Å². The van der Waals surface area contributed by atoms with E-state index in [-0.39, 0.29) is 6.61 Å². The Balaban J connectivity index is 2.33. The van der Waals surface area contributed by atoms with Crippen molar-refractivity contribution in [2.24, 2.45) is 0 Å². The normalized spacial score (nSPS) is 59.2. The summed E-state index contributed by atoms with van der Waals surface area (Å²) in [5, 5.41) is 0. The van der Waals surface area contributed by atoms with Gasteiger partial charge in [-0.3, -0.25) is 0 Å². The molecule has 30 valence electrons. The molecule has 0 radical (unpaired) electrons. The fourth-order valence-corrected chi connectivity index (χ4v) is 0.196. The Labute approximate surface area is 33.4 Å². The van der Waals surface area contributed by atoms with Crippen molar-refractivity contribution < 1.29 is 12.5 Å². The van der Waals surface area contributed by atoms with Crippen LogP contribution in [0, 0.1) is 0 Å². The van der Waals surface area contributed by atoms with Crippen LogP contribution in [-0.2, 0) is 9.78 Å². The molecule has 1 aliphatic heterocycles. The van der Waals surface area contributed by atoms with Crippen molar-refractivity contribution in [3.05, 3.63) is 0 Å². The second-order valence-corrected chi connectivity index (χ2v) is 0.753. The van der Waals surface area contributed by atoms with Gasteiger partial charge in [0.25, 0.3) is 0 Å². The largest absolute Gasteiger partial charge is 0.237 e. The van der Waals surface area contributed by atoms with E-state index in [0.717, 1.165) is 0 Å². The third kappa shape index (κ3) is 0.597. The van der Waals surface area contributed by atoms with E-state index in [9.17, 15) is 0 Å². The first-order chi connectivity index (χ1) is 3.30. The first-order valence-corrected chi connectivity index (χ1v) is 1.43. The lowest BCUT2D eigenvalue weighted by molar-refractivity contribution is -0.248. The van der Waals surface area contributed by atoms with Gasteiger partial charge in [-0.1, -0.05) is 0 Å². The van der Waals surface area contributed by atoms with Crippen LogP contribution in [-0.4, -0.2) is 13.2 Å². The van der Waals surface area contributed by atoms with Crippen LogP contribution in [0.2, 0.25) is 0 Å². The molecule has 2 heteroatoms. The average molecular weight is 76.1 g/mol.